The van der Waals surface area contributed by atoms with Gasteiger partial charge in [0.2, 0.25) is 11.9 Å². The molecule has 108 valence electrons. The van der Waals surface area contributed by atoms with Crippen molar-refractivity contribution in [2.75, 3.05) is 12.3 Å². The molecule has 0 radical (unpaired) electrons. The number of isothiocyanates is 1. The van der Waals surface area contributed by atoms with Crippen LogP contribution in [0.5, 0.6) is 0 Å². The number of H-pyrrole nitrogens is 1. The molecule has 0 bridgehead atoms. The van der Waals surface area contributed by atoms with Gasteiger partial charge in [-0.1, -0.05) is 0 Å². The molecule has 0 saturated carbocycles. The van der Waals surface area contributed by atoms with Crippen LogP contribution in [0, 0.1) is 4.77 Å². The van der Waals surface area contributed by atoms with E-state index in [0.29, 0.717) is 10.7 Å². The first kappa shape index (κ1) is 19.4. The Hall–Kier alpha value is -1.97. The summed E-state index contributed by atoms with van der Waals surface area (Å²) < 4.78 is 2.30. The van der Waals surface area contributed by atoms with Gasteiger partial charge in [0.25, 0.3) is 0 Å². The molecule has 0 aromatic carbocycles. The van der Waals surface area contributed by atoms with Crippen LogP contribution in [0.3, 0.4) is 0 Å². The van der Waals surface area contributed by atoms with Crippen molar-refractivity contribution in [2.24, 2.45) is 27.4 Å². The van der Waals surface area contributed by atoms with Crippen LogP contribution in [0.2, 0.25) is 0 Å². The van der Waals surface area contributed by atoms with Crippen LogP contribution in [-0.2, 0) is 6.54 Å². The number of aromatic amines is 1. The lowest BCUT2D eigenvalue weighted by Crippen LogP contribution is -2.23. The third-order valence-corrected chi connectivity index (χ3v) is 1.92. The number of nitrogens with one attached hydrogen (secondary N) is 1. The normalized spacial score (nSPS) is 7.89. The number of thiocarbonyl (C=S) groups is 1. The first-order valence-electron chi connectivity index (χ1n) is 5.17. The minimum atomic E-state index is -0.0926. The zero-order chi connectivity index (χ0) is 15.3. The molecule has 0 atom stereocenters. The average molecular weight is 305 g/mol. The first-order valence-corrected chi connectivity index (χ1v) is 5.99. The van der Waals surface area contributed by atoms with Gasteiger partial charge in [-0.3, -0.25) is 4.57 Å². The molecule has 0 fully saturated rings. The van der Waals surface area contributed by atoms with E-state index in [1.165, 1.54) is 0 Å². The predicted molar refractivity (Wildman–Crippen MR) is 83.1 cm³/mol. The van der Waals surface area contributed by atoms with Gasteiger partial charge in [-0.25, -0.2) is 10.1 Å². The van der Waals surface area contributed by atoms with Crippen molar-refractivity contribution in [1.29, 1.82) is 0 Å². The number of nitrogens with zero attached hydrogens (tertiary/aromatic N) is 4. The summed E-state index contributed by atoms with van der Waals surface area (Å²) in [6, 6.07) is 0. The highest BCUT2D eigenvalue weighted by atomic mass is 32.1. The SMILES string of the molecule is CCN=C=S.CCn1c(N)n[nH]c1=S.NN=C(N)N. The summed E-state index contributed by atoms with van der Waals surface area (Å²) in [5.41, 5.74) is 14.8. The number of guanidine groups is 1. The Labute approximate surface area is 121 Å². The largest absolute Gasteiger partial charge is 0.369 e. The molecule has 0 aliphatic rings. The van der Waals surface area contributed by atoms with Gasteiger partial charge in [-0.2, -0.15) is 0 Å². The maximum atomic E-state index is 5.41. The van der Waals surface area contributed by atoms with Gasteiger partial charge in [-0.05, 0) is 38.3 Å². The summed E-state index contributed by atoms with van der Waals surface area (Å²) in [6.07, 6.45) is 0. The Bertz CT molecular complexity index is 465. The van der Waals surface area contributed by atoms with E-state index < -0.39 is 0 Å². The number of hydrogen-bond acceptors (Lipinski definition) is 7. The molecule has 9 nitrogen and oxygen atoms in total. The van der Waals surface area contributed by atoms with Gasteiger partial charge in [0.15, 0.2) is 4.77 Å². The number of rotatable bonds is 2. The predicted octanol–water partition coefficient (Wildman–Crippen LogP) is -0.215. The highest BCUT2D eigenvalue weighted by Gasteiger charge is 1.95. The molecular weight excluding hydrogens is 286 g/mol. The molecule has 11 heteroatoms. The van der Waals surface area contributed by atoms with Crippen molar-refractivity contribution < 1.29 is 0 Å². The fourth-order valence-electron chi connectivity index (χ4n) is 0.700. The minimum absolute atomic E-state index is 0.0926. The lowest BCUT2D eigenvalue weighted by molar-refractivity contribution is 0.758. The Morgan fingerprint density at radius 3 is 2.11 bits per heavy atom. The van der Waals surface area contributed by atoms with Gasteiger partial charge >= 0.3 is 0 Å². The molecular formula is C8H19N9S2. The summed E-state index contributed by atoms with van der Waals surface area (Å²) in [4.78, 5) is 3.54. The van der Waals surface area contributed by atoms with Crippen LogP contribution in [0.15, 0.2) is 10.1 Å². The number of hydrogen-bond donors (Lipinski definition) is 5. The Morgan fingerprint density at radius 1 is 1.47 bits per heavy atom. The molecule has 1 aromatic heterocycles. The van der Waals surface area contributed by atoms with E-state index in [1.807, 2.05) is 13.8 Å². The molecule has 0 amide bonds. The fourth-order valence-corrected chi connectivity index (χ4v) is 1.10. The third kappa shape index (κ3) is 10.9. The highest BCUT2D eigenvalue weighted by molar-refractivity contribution is 7.78. The average Bonchev–Trinajstić information content (AvgIpc) is 2.71. The molecule has 0 saturated heterocycles. The quantitative estimate of drug-likeness (QED) is 0.166. The summed E-state index contributed by atoms with van der Waals surface area (Å²) in [6.45, 7) is 5.39. The number of aliphatic imine (C=N–C) groups is 1. The lowest BCUT2D eigenvalue weighted by atomic mass is 10.7. The molecule has 0 unspecified atom stereocenters. The smallest absolute Gasteiger partial charge is 0.220 e. The fraction of sp³-hybridized carbons (Fsp3) is 0.500. The third-order valence-electron chi connectivity index (χ3n) is 1.48. The number of nitrogens with two attached hydrogens (primary N) is 4. The number of hydrazone groups is 1. The monoisotopic (exact) mass is 305 g/mol. The van der Waals surface area contributed by atoms with Crippen molar-refractivity contribution in [1.82, 2.24) is 14.8 Å². The second kappa shape index (κ2) is 12.5. The van der Waals surface area contributed by atoms with Crippen molar-refractivity contribution in [3.8, 4) is 0 Å². The van der Waals surface area contributed by atoms with E-state index in [9.17, 15) is 0 Å². The molecule has 9 N–H and O–H groups in total. The maximum Gasteiger partial charge on any atom is 0.220 e. The second-order valence-corrected chi connectivity index (χ2v) is 3.32. The van der Waals surface area contributed by atoms with Crippen LogP contribution in [0.1, 0.15) is 13.8 Å². The van der Waals surface area contributed by atoms with Gasteiger partial charge < -0.3 is 23.0 Å². The molecule has 0 aliphatic carbocycles. The molecule has 1 rings (SSSR count). The molecule has 0 spiro atoms. The Morgan fingerprint density at radius 2 is 2.00 bits per heavy atom. The van der Waals surface area contributed by atoms with Gasteiger partial charge in [0, 0.05) is 13.1 Å². The highest BCUT2D eigenvalue weighted by Crippen LogP contribution is 1.96. The molecule has 0 aliphatic heterocycles. The van der Waals surface area contributed by atoms with E-state index in [-0.39, 0.29) is 5.96 Å². The minimum Gasteiger partial charge on any atom is -0.369 e. The Balaban J connectivity index is 0. The topological polar surface area (TPSA) is 162 Å². The second-order valence-electron chi connectivity index (χ2n) is 2.75. The van der Waals surface area contributed by atoms with Gasteiger partial charge in [-0.15, -0.1) is 10.2 Å². The van der Waals surface area contributed by atoms with Crippen LogP contribution >= 0.6 is 24.4 Å². The first-order chi connectivity index (χ1) is 8.94. The van der Waals surface area contributed by atoms with Gasteiger partial charge in [0.1, 0.15) is 0 Å². The van der Waals surface area contributed by atoms with Crippen molar-refractivity contribution in [3.63, 3.8) is 0 Å². The van der Waals surface area contributed by atoms with Crippen molar-refractivity contribution in [2.45, 2.75) is 20.4 Å². The van der Waals surface area contributed by atoms with E-state index in [4.69, 9.17) is 29.4 Å². The molecule has 1 aromatic rings. The van der Waals surface area contributed by atoms with Crippen LogP contribution < -0.4 is 23.0 Å². The van der Waals surface area contributed by atoms with Crippen molar-refractivity contribution >= 4 is 41.5 Å². The Kier molecular flexibility index (Phi) is 12.7. The standard InChI is InChI=1S/C4H8N4S.C3H5NS.CH6N4/c1-2-8-3(5)6-7-4(8)9;1-2-4-3-5;2-1(3)5-4/h2H2,1H3,(H2,5,6)(H,7,9);2H2,1H3;4H2,(H4,2,3,5). The number of anilines is 1. The van der Waals surface area contributed by atoms with E-state index in [2.05, 4.69) is 43.5 Å². The number of aromatic nitrogens is 3. The van der Waals surface area contributed by atoms with E-state index in [0.717, 1.165) is 13.1 Å². The van der Waals surface area contributed by atoms with Crippen molar-refractivity contribution in [3.05, 3.63) is 4.77 Å². The number of nitrogen functional groups attached to an aromatic ring is 1. The zero-order valence-corrected chi connectivity index (χ0v) is 12.5. The summed E-state index contributed by atoms with van der Waals surface area (Å²) in [5, 5.41) is 11.4. The summed E-state index contributed by atoms with van der Waals surface area (Å²) in [5.74, 6) is 4.86. The molecule has 1 heterocycles. The lowest BCUT2D eigenvalue weighted by Gasteiger charge is -1.93. The van der Waals surface area contributed by atoms with Crippen LogP contribution in [0.25, 0.3) is 0 Å². The van der Waals surface area contributed by atoms with E-state index in [1.54, 1.807) is 4.57 Å². The van der Waals surface area contributed by atoms with Gasteiger partial charge in [0.05, 0.1) is 5.16 Å². The van der Waals surface area contributed by atoms with Crippen LogP contribution in [-0.4, -0.2) is 32.4 Å². The maximum absolute atomic E-state index is 5.41. The summed E-state index contributed by atoms with van der Waals surface area (Å²) in [7, 11) is 0. The van der Waals surface area contributed by atoms with E-state index >= 15 is 0 Å². The van der Waals surface area contributed by atoms with Crippen LogP contribution in [0.4, 0.5) is 5.95 Å². The molecule has 19 heavy (non-hydrogen) atoms. The summed E-state index contributed by atoms with van der Waals surface area (Å²) >= 11 is 9.07. The zero-order valence-electron chi connectivity index (χ0n) is 10.8.